The summed E-state index contributed by atoms with van der Waals surface area (Å²) in [6.45, 7) is 4.15. The molecule has 1 saturated carbocycles. The number of carbonyl (C=O) groups excluding carboxylic acids is 1. The van der Waals surface area contributed by atoms with Crippen LogP contribution in [0.4, 0.5) is 0 Å². The summed E-state index contributed by atoms with van der Waals surface area (Å²) in [5, 5.41) is 13.8. The molecule has 1 N–H and O–H groups in total. The van der Waals surface area contributed by atoms with Gasteiger partial charge in [-0.1, -0.05) is 0 Å². The number of fused-ring (bicyclic) bond motifs is 1. The SMILES string of the molecule is Cc1ccn(CCC(=O)N2C[C@@H]3C[C@H](O)[C@@H]3C2)n1. The zero-order valence-electron chi connectivity index (χ0n) is 10.6. The van der Waals surface area contributed by atoms with Gasteiger partial charge >= 0.3 is 0 Å². The van der Waals surface area contributed by atoms with Crippen LogP contribution in [0.2, 0.25) is 0 Å². The van der Waals surface area contributed by atoms with E-state index in [1.807, 2.05) is 28.8 Å². The Balaban J connectivity index is 1.50. The molecule has 0 radical (unpaired) electrons. The average molecular weight is 249 g/mol. The molecular weight excluding hydrogens is 230 g/mol. The number of amides is 1. The Kier molecular flexibility index (Phi) is 2.86. The highest BCUT2D eigenvalue weighted by molar-refractivity contribution is 5.76. The van der Waals surface area contributed by atoms with Crippen molar-refractivity contribution < 1.29 is 9.90 Å². The fraction of sp³-hybridized carbons (Fsp3) is 0.692. The first-order valence-electron chi connectivity index (χ1n) is 6.59. The van der Waals surface area contributed by atoms with Crippen LogP contribution in [-0.4, -0.2) is 44.9 Å². The predicted octanol–water partition coefficient (Wildman–Crippen LogP) is 0.421. The molecule has 5 nitrogen and oxygen atoms in total. The highest BCUT2D eigenvalue weighted by Crippen LogP contribution is 2.40. The third kappa shape index (κ3) is 2.03. The number of likely N-dealkylation sites (tertiary alicyclic amines) is 1. The molecule has 0 spiro atoms. The van der Waals surface area contributed by atoms with E-state index in [0.717, 1.165) is 25.2 Å². The lowest BCUT2D eigenvalue weighted by atomic mass is 9.74. The summed E-state index contributed by atoms with van der Waals surface area (Å²) in [7, 11) is 0. The van der Waals surface area contributed by atoms with E-state index in [-0.39, 0.29) is 12.0 Å². The van der Waals surface area contributed by atoms with E-state index in [2.05, 4.69) is 5.10 Å². The Hall–Kier alpha value is -1.36. The molecule has 5 heteroatoms. The van der Waals surface area contributed by atoms with Crippen molar-refractivity contribution in [3.05, 3.63) is 18.0 Å². The lowest BCUT2D eigenvalue weighted by Crippen LogP contribution is -2.39. The molecule has 98 valence electrons. The van der Waals surface area contributed by atoms with Gasteiger partial charge in [-0.25, -0.2) is 0 Å². The Morgan fingerprint density at radius 2 is 2.39 bits per heavy atom. The van der Waals surface area contributed by atoms with E-state index in [0.29, 0.717) is 24.8 Å². The minimum atomic E-state index is -0.179. The van der Waals surface area contributed by atoms with Crippen molar-refractivity contribution in [2.45, 2.75) is 32.4 Å². The van der Waals surface area contributed by atoms with Gasteiger partial charge in [0.05, 0.1) is 11.8 Å². The number of hydrogen-bond acceptors (Lipinski definition) is 3. The van der Waals surface area contributed by atoms with Gasteiger partial charge in [-0.15, -0.1) is 0 Å². The molecule has 2 fully saturated rings. The molecule has 1 amide bonds. The molecule has 3 rings (SSSR count). The second-order valence-electron chi connectivity index (χ2n) is 5.50. The van der Waals surface area contributed by atoms with Gasteiger partial charge in [-0.05, 0) is 25.3 Å². The van der Waals surface area contributed by atoms with Crippen LogP contribution in [0, 0.1) is 18.8 Å². The molecule has 1 aliphatic carbocycles. The van der Waals surface area contributed by atoms with E-state index in [1.54, 1.807) is 0 Å². The van der Waals surface area contributed by atoms with Crippen molar-refractivity contribution in [3.8, 4) is 0 Å². The van der Waals surface area contributed by atoms with E-state index >= 15 is 0 Å². The number of aliphatic hydroxyl groups excluding tert-OH is 1. The summed E-state index contributed by atoms with van der Waals surface area (Å²) in [6, 6.07) is 1.94. The molecule has 1 aromatic heterocycles. The molecule has 2 aliphatic rings. The number of aryl methyl sites for hydroxylation is 2. The third-order valence-corrected chi connectivity index (χ3v) is 4.21. The van der Waals surface area contributed by atoms with Gasteiger partial charge in [0.2, 0.25) is 5.91 Å². The number of aliphatic hydroxyl groups is 1. The van der Waals surface area contributed by atoms with Gasteiger partial charge in [0, 0.05) is 38.2 Å². The van der Waals surface area contributed by atoms with Crippen molar-refractivity contribution in [2.24, 2.45) is 11.8 Å². The van der Waals surface area contributed by atoms with Crippen LogP contribution in [0.15, 0.2) is 12.3 Å². The quantitative estimate of drug-likeness (QED) is 0.844. The van der Waals surface area contributed by atoms with Gasteiger partial charge < -0.3 is 10.0 Å². The molecule has 1 aromatic rings. The minimum Gasteiger partial charge on any atom is -0.393 e. The first kappa shape index (κ1) is 11.7. The van der Waals surface area contributed by atoms with Crippen LogP contribution in [0.1, 0.15) is 18.5 Å². The van der Waals surface area contributed by atoms with Crippen LogP contribution >= 0.6 is 0 Å². The van der Waals surface area contributed by atoms with Crippen LogP contribution in [0.5, 0.6) is 0 Å². The summed E-state index contributed by atoms with van der Waals surface area (Å²) < 4.78 is 1.81. The number of hydrogen-bond donors (Lipinski definition) is 1. The minimum absolute atomic E-state index is 0.179. The third-order valence-electron chi connectivity index (χ3n) is 4.21. The normalized spacial score (nSPS) is 30.1. The van der Waals surface area contributed by atoms with Gasteiger partial charge in [0.1, 0.15) is 0 Å². The summed E-state index contributed by atoms with van der Waals surface area (Å²) in [5.41, 5.74) is 0.977. The van der Waals surface area contributed by atoms with Crippen LogP contribution < -0.4 is 0 Å². The second kappa shape index (κ2) is 4.39. The molecule has 0 aromatic carbocycles. The van der Waals surface area contributed by atoms with Crippen LogP contribution in [0.3, 0.4) is 0 Å². The molecule has 2 heterocycles. The smallest absolute Gasteiger partial charge is 0.224 e. The lowest BCUT2D eigenvalue weighted by Gasteiger charge is -2.34. The van der Waals surface area contributed by atoms with Crippen molar-refractivity contribution in [3.63, 3.8) is 0 Å². The maximum atomic E-state index is 12.1. The van der Waals surface area contributed by atoms with E-state index in [9.17, 15) is 9.90 Å². The van der Waals surface area contributed by atoms with Crippen molar-refractivity contribution in [2.75, 3.05) is 13.1 Å². The summed E-state index contributed by atoms with van der Waals surface area (Å²) in [4.78, 5) is 14.0. The van der Waals surface area contributed by atoms with Crippen molar-refractivity contribution in [1.29, 1.82) is 0 Å². The topological polar surface area (TPSA) is 58.4 Å². The lowest BCUT2D eigenvalue weighted by molar-refractivity contribution is -0.130. The first-order valence-corrected chi connectivity index (χ1v) is 6.59. The first-order chi connectivity index (χ1) is 8.63. The van der Waals surface area contributed by atoms with E-state index < -0.39 is 0 Å². The Labute approximate surface area is 106 Å². The Morgan fingerprint density at radius 3 is 3.00 bits per heavy atom. The highest BCUT2D eigenvalue weighted by atomic mass is 16.3. The molecule has 3 atom stereocenters. The predicted molar refractivity (Wildman–Crippen MR) is 65.8 cm³/mol. The second-order valence-corrected chi connectivity index (χ2v) is 5.50. The zero-order valence-corrected chi connectivity index (χ0v) is 10.6. The molecule has 0 bridgehead atoms. The summed E-state index contributed by atoms with van der Waals surface area (Å²) >= 11 is 0. The molecule has 0 unspecified atom stereocenters. The van der Waals surface area contributed by atoms with Crippen LogP contribution in [-0.2, 0) is 11.3 Å². The maximum Gasteiger partial charge on any atom is 0.224 e. The number of rotatable bonds is 3. The summed E-state index contributed by atoms with van der Waals surface area (Å²) in [6.07, 6.45) is 3.09. The molecule has 18 heavy (non-hydrogen) atoms. The number of aromatic nitrogens is 2. The monoisotopic (exact) mass is 249 g/mol. The largest absolute Gasteiger partial charge is 0.393 e. The Morgan fingerprint density at radius 1 is 1.56 bits per heavy atom. The fourth-order valence-corrected chi connectivity index (χ4v) is 3.03. The van der Waals surface area contributed by atoms with Gasteiger partial charge in [-0.3, -0.25) is 9.48 Å². The van der Waals surface area contributed by atoms with Crippen molar-refractivity contribution in [1.82, 2.24) is 14.7 Å². The molecule has 1 saturated heterocycles. The summed E-state index contributed by atoms with van der Waals surface area (Å²) in [5.74, 6) is 1.06. The molecule has 1 aliphatic heterocycles. The highest BCUT2D eigenvalue weighted by Gasteiger charge is 2.47. The average Bonchev–Trinajstić information content (AvgIpc) is 2.89. The zero-order chi connectivity index (χ0) is 12.7. The Bertz CT molecular complexity index is 457. The molecular formula is C13H19N3O2. The van der Waals surface area contributed by atoms with E-state index in [4.69, 9.17) is 0 Å². The maximum absolute atomic E-state index is 12.1. The van der Waals surface area contributed by atoms with Gasteiger partial charge in [0.15, 0.2) is 0 Å². The number of nitrogens with zero attached hydrogens (tertiary/aromatic N) is 3. The fourth-order valence-electron chi connectivity index (χ4n) is 3.03. The standard InChI is InChI=1S/C13H19N3O2/c1-9-2-4-16(14-9)5-3-13(18)15-7-10-6-12(17)11(10)8-15/h2,4,10-12,17H,3,5-8H2,1H3/t10-,11+,12-/m0/s1. The van der Waals surface area contributed by atoms with Gasteiger partial charge in [-0.2, -0.15) is 5.10 Å². The van der Waals surface area contributed by atoms with Crippen molar-refractivity contribution >= 4 is 5.91 Å². The van der Waals surface area contributed by atoms with Gasteiger partial charge in [0.25, 0.3) is 0 Å². The number of carbonyl (C=O) groups is 1. The van der Waals surface area contributed by atoms with E-state index in [1.165, 1.54) is 0 Å². The van der Waals surface area contributed by atoms with Crippen LogP contribution in [0.25, 0.3) is 0 Å².